The number of amides is 2. The molecule has 4 heteroatoms. The molecule has 0 heterocycles. The smallest absolute Gasteiger partial charge is 0.315 e. The second-order valence-electron chi connectivity index (χ2n) is 6.56. The van der Waals surface area contributed by atoms with E-state index in [0.29, 0.717) is 5.92 Å². The normalized spacial score (nSPS) is 24.0. The van der Waals surface area contributed by atoms with E-state index in [1.54, 1.807) is 0 Å². The summed E-state index contributed by atoms with van der Waals surface area (Å²) in [5.41, 5.74) is 0.185. The maximum Gasteiger partial charge on any atom is 0.315 e. The van der Waals surface area contributed by atoms with Crippen molar-refractivity contribution in [2.75, 3.05) is 6.61 Å². The van der Waals surface area contributed by atoms with Gasteiger partial charge in [-0.1, -0.05) is 34.1 Å². The Kier molecular flexibility index (Phi) is 5.45. The van der Waals surface area contributed by atoms with E-state index in [-0.39, 0.29) is 30.1 Å². The molecule has 3 N–H and O–H groups in total. The van der Waals surface area contributed by atoms with Gasteiger partial charge in [0.25, 0.3) is 0 Å². The first kappa shape index (κ1) is 15.3. The zero-order valence-electron chi connectivity index (χ0n) is 12.1. The van der Waals surface area contributed by atoms with Crippen LogP contribution in [0, 0.1) is 11.3 Å². The predicted octanol–water partition coefficient (Wildman–Crippen LogP) is 2.27. The molecule has 0 aromatic carbocycles. The number of hydrogen-bond acceptors (Lipinski definition) is 2. The topological polar surface area (TPSA) is 61.4 Å². The van der Waals surface area contributed by atoms with Gasteiger partial charge in [-0.05, 0) is 30.6 Å². The van der Waals surface area contributed by atoms with Crippen LogP contribution in [0.4, 0.5) is 4.79 Å². The van der Waals surface area contributed by atoms with Gasteiger partial charge in [-0.2, -0.15) is 0 Å². The predicted molar refractivity (Wildman–Crippen MR) is 73.4 cm³/mol. The molecule has 2 amide bonds. The van der Waals surface area contributed by atoms with E-state index in [0.717, 1.165) is 19.3 Å². The number of carbonyl (C=O) groups excluding carboxylic acids is 1. The third-order valence-electron chi connectivity index (χ3n) is 3.87. The Morgan fingerprint density at radius 2 is 2.11 bits per heavy atom. The standard InChI is InChI=1S/C14H28N2O2/c1-10(2)8-11(9-17)15-13(18)16-12-6-5-7-14(12,3)4/h10-12,17H,5-9H2,1-4H3,(H2,15,16,18). The van der Waals surface area contributed by atoms with Crippen LogP contribution in [-0.4, -0.2) is 29.8 Å². The van der Waals surface area contributed by atoms with E-state index in [9.17, 15) is 9.90 Å². The molecule has 106 valence electrons. The lowest BCUT2D eigenvalue weighted by Gasteiger charge is -2.29. The number of hydrogen-bond donors (Lipinski definition) is 3. The number of urea groups is 1. The Bertz CT molecular complexity index is 277. The highest BCUT2D eigenvalue weighted by Gasteiger charge is 2.35. The first-order valence-corrected chi connectivity index (χ1v) is 7.03. The molecule has 0 aliphatic heterocycles. The lowest BCUT2D eigenvalue weighted by atomic mass is 9.87. The maximum atomic E-state index is 11.9. The minimum absolute atomic E-state index is 0.000338. The van der Waals surface area contributed by atoms with Crippen LogP contribution in [0.1, 0.15) is 53.4 Å². The minimum Gasteiger partial charge on any atom is -0.394 e. The highest BCUT2D eigenvalue weighted by atomic mass is 16.3. The van der Waals surface area contributed by atoms with Gasteiger partial charge >= 0.3 is 6.03 Å². The summed E-state index contributed by atoms with van der Waals surface area (Å²) in [6, 6.07) is -0.0416. The summed E-state index contributed by atoms with van der Waals surface area (Å²) in [4.78, 5) is 11.9. The average Bonchev–Trinajstić information content (AvgIpc) is 2.56. The van der Waals surface area contributed by atoms with Crippen molar-refractivity contribution in [2.24, 2.45) is 11.3 Å². The van der Waals surface area contributed by atoms with Crippen LogP contribution < -0.4 is 10.6 Å². The minimum atomic E-state index is -0.144. The Morgan fingerprint density at radius 3 is 2.56 bits per heavy atom. The number of rotatable bonds is 5. The van der Waals surface area contributed by atoms with Gasteiger partial charge in [0, 0.05) is 6.04 Å². The molecule has 1 fully saturated rings. The second kappa shape index (κ2) is 6.41. The molecule has 0 aromatic heterocycles. The molecule has 0 bridgehead atoms. The first-order valence-electron chi connectivity index (χ1n) is 7.03. The van der Waals surface area contributed by atoms with Crippen molar-refractivity contribution < 1.29 is 9.90 Å². The monoisotopic (exact) mass is 256 g/mol. The fourth-order valence-electron chi connectivity index (χ4n) is 2.73. The van der Waals surface area contributed by atoms with E-state index < -0.39 is 0 Å². The van der Waals surface area contributed by atoms with Gasteiger partial charge in [0.15, 0.2) is 0 Å². The highest BCUT2D eigenvalue weighted by Crippen LogP contribution is 2.37. The van der Waals surface area contributed by atoms with Gasteiger partial charge in [0.05, 0.1) is 12.6 Å². The second-order valence-corrected chi connectivity index (χ2v) is 6.56. The average molecular weight is 256 g/mol. The lowest BCUT2D eigenvalue weighted by Crippen LogP contribution is -2.50. The molecular weight excluding hydrogens is 228 g/mol. The van der Waals surface area contributed by atoms with Crippen LogP contribution in [0.3, 0.4) is 0 Å². The zero-order valence-corrected chi connectivity index (χ0v) is 12.1. The molecule has 0 saturated heterocycles. The number of aliphatic hydroxyl groups is 1. The van der Waals surface area contributed by atoms with Gasteiger partial charge in [0.1, 0.15) is 0 Å². The summed E-state index contributed by atoms with van der Waals surface area (Å²) in [6.07, 6.45) is 4.19. The first-order chi connectivity index (χ1) is 8.35. The molecule has 0 radical (unpaired) electrons. The number of aliphatic hydroxyl groups excluding tert-OH is 1. The maximum absolute atomic E-state index is 11.9. The molecular formula is C14H28N2O2. The van der Waals surface area contributed by atoms with E-state index in [2.05, 4.69) is 38.3 Å². The van der Waals surface area contributed by atoms with E-state index >= 15 is 0 Å². The van der Waals surface area contributed by atoms with Crippen molar-refractivity contribution >= 4 is 6.03 Å². The molecule has 1 rings (SSSR count). The quantitative estimate of drug-likeness (QED) is 0.706. The van der Waals surface area contributed by atoms with Crippen molar-refractivity contribution in [1.29, 1.82) is 0 Å². The Balaban J connectivity index is 2.40. The molecule has 18 heavy (non-hydrogen) atoms. The molecule has 1 aliphatic rings. The van der Waals surface area contributed by atoms with Gasteiger partial charge in [0.2, 0.25) is 0 Å². The van der Waals surface area contributed by atoms with Crippen molar-refractivity contribution in [3.05, 3.63) is 0 Å². The molecule has 0 aromatic rings. The number of carbonyl (C=O) groups is 1. The van der Waals surface area contributed by atoms with Crippen molar-refractivity contribution in [2.45, 2.75) is 65.5 Å². The van der Waals surface area contributed by atoms with Crippen LogP contribution in [0.25, 0.3) is 0 Å². The van der Waals surface area contributed by atoms with Crippen LogP contribution in [0.15, 0.2) is 0 Å². The van der Waals surface area contributed by atoms with E-state index in [4.69, 9.17) is 0 Å². The van der Waals surface area contributed by atoms with Crippen LogP contribution in [-0.2, 0) is 0 Å². The van der Waals surface area contributed by atoms with Gasteiger partial charge < -0.3 is 15.7 Å². The largest absolute Gasteiger partial charge is 0.394 e. The summed E-state index contributed by atoms with van der Waals surface area (Å²) in [6.45, 7) is 8.56. The molecule has 0 spiro atoms. The van der Waals surface area contributed by atoms with Gasteiger partial charge in [-0.25, -0.2) is 4.79 Å². The van der Waals surface area contributed by atoms with Crippen LogP contribution in [0.5, 0.6) is 0 Å². The summed E-state index contributed by atoms with van der Waals surface area (Å²) < 4.78 is 0. The third kappa shape index (κ3) is 4.48. The summed E-state index contributed by atoms with van der Waals surface area (Å²) in [7, 11) is 0. The van der Waals surface area contributed by atoms with Crippen LogP contribution in [0.2, 0.25) is 0 Å². The van der Waals surface area contributed by atoms with Crippen molar-refractivity contribution in [3.8, 4) is 0 Å². The fraction of sp³-hybridized carbons (Fsp3) is 0.929. The Hall–Kier alpha value is -0.770. The van der Waals surface area contributed by atoms with E-state index in [1.165, 1.54) is 6.42 Å². The fourth-order valence-corrected chi connectivity index (χ4v) is 2.73. The lowest BCUT2D eigenvalue weighted by molar-refractivity contribution is 0.197. The van der Waals surface area contributed by atoms with Crippen molar-refractivity contribution in [3.63, 3.8) is 0 Å². The SMILES string of the molecule is CC(C)CC(CO)NC(=O)NC1CCCC1(C)C. The van der Waals surface area contributed by atoms with E-state index in [1.807, 2.05) is 0 Å². The zero-order chi connectivity index (χ0) is 13.8. The molecule has 2 atom stereocenters. The highest BCUT2D eigenvalue weighted by molar-refractivity contribution is 5.74. The molecule has 4 nitrogen and oxygen atoms in total. The summed E-state index contributed by atoms with van der Waals surface area (Å²) in [5, 5.41) is 15.2. The Labute approximate surface area is 111 Å². The molecule has 1 saturated carbocycles. The number of nitrogens with one attached hydrogen (secondary N) is 2. The van der Waals surface area contributed by atoms with Gasteiger partial charge in [-0.3, -0.25) is 0 Å². The Morgan fingerprint density at radius 1 is 1.44 bits per heavy atom. The third-order valence-corrected chi connectivity index (χ3v) is 3.87. The molecule has 2 unspecified atom stereocenters. The van der Waals surface area contributed by atoms with Crippen molar-refractivity contribution in [1.82, 2.24) is 10.6 Å². The van der Waals surface area contributed by atoms with Gasteiger partial charge in [-0.15, -0.1) is 0 Å². The summed E-state index contributed by atoms with van der Waals surface area (Å²) >= 11 is 0. The van der Waals surface area contributed by atoms with Crippen LogP contribution >= 0.6 is 0 Å². The molecule has 1 aliphatic carbocycles. The summed E-state index contributed by atoms with van der Waals surface area (Å²) in [5.74, 6) is 0.463.